The van der Waals surface area contributed by atoms with Crippen LogP contribution in [0.25, 0.3) is 22.9 Å². The molecule has 3 aromatic carbocycles. The number of aliphatic hydroxyl groups excluding tert-OH is 1. The SMILES string of the molecule is Cn1nc(CO)cc1C=Cc1cc(OCc2ccccc2)c2ccccc2c1. The summed E-state index contributed by atoms with van der Waals surface area (Å²) >= 11 is 0. The number of aryl methyl sites for hydroxylation is 1. The second-order valence-corrected chi connectivity index (χ2v) is 6.69. The van der Waals surface area contributed by atoms with E-state index in [4.69, 9.17) is 4.74 Å². The number of aromatic nitrogens is 2. The first-order valence-electron chi connectivity index (χ1n) is 9.24. The van der Waals surface area contributed by atoms with Crippen molar-refractivity contribution in [3.63, 3.8) is 0 Å². The second kappa shape index (κ2) is 8.11. The molecule has 140 valence electrons. The summed E-state index contributed by atoms with van der Waals surface area (Å²) in [5.41, 5.74) is 3.78. The third-order valence-electron chi connectivity index (χ3n) is 4.66. The molecule has 0 aliphatic carbocycles. The van der Waals surface area contributed by atoms with Crippen LogP contribution < -0.4 is 4.74 Å². The molecule has 0 aliphatic rings. The first-order valence-corrected chi connectivity index (χ1v) is 9.24. The first-order chi connectivity index (χ1) is 13.7. The van der Waals surface area contributed by atoms with E-state index in [1.807, 2.05) is 55.6 Å². The van der Waals surface area contributed by atoms with Crippen LogP contribution in [0.15, 0.2) is 72.8 Å². The molecule has 4 aromatic rings. The molecular formula is C24H22N2O2. The molecule has 0 unspecified atom stereocenters. The molecule has 0 saturated heterocycles. The maximum atomic E-state index is 9.25. The quantitative estimate of drug-likeness (QED) is 0.530. The van der Waals surface area contributed by atoms with E-state index in [0.29, 0.717) is 12.3 Å². The highest BCUT2D eigenvalue weighted by Gasteiger charge is 2.06. The highest BCUT2D eigenvalue weighted by molar-refractivity contribution is 5.91. The summed E-state index contributed by atoms with van der Waals surface area (Å²) in [6.07, 6.45) is 4.04. The molecule has 1 aromatic heterocycles. The average molecular weight is 370 g/mol. The Hall–Kier alpha value is -3.37. The van der Waals surface area contributed by atoms with E-state index in [1.165, 1.54) is 0 Å². The monoisotopic (exact) mass is 370 g/mol. The van der Waals surface area contributed by atoms with Crippen LogP contribution in [-0.2, 0) is 20.3 Å². The van der Waals surface area contributed by atoms with Gasteiger partial charge in [0.05, 0.1) is 18.0 Å². The molecule has 0 radical (unpaired) electrons. The van der Waals surface area contributed by atoms with Crippen LogP contribution in [0, 0.1) is 0 Å². The van der Waals surface area contributed by atoms with Gasteiger partial charge in [0, 0.05) is 12.4 Å². The lowest BCUT2D eigenvalue weighted by atomic mass is 10.1. The fourth-order valence-corrected chi connectivity index (χ4v) is 3.21. The molecule has 0 spiro atoms. The van der Waals surface area contributed by atoms with Gasteiger partial charge in [-0.2, -0.15) is 5.10 Å². The molecule has 4 heteroatoms. The van der Waals surface area contributed by atoms with Gasteiger partial charge >= 0.3 is 0 Å². The lowest BCUT2D eigenvalue weighted by Gasteiger charge is -2.11. The first kappa shape index (κ1) is 18.0. The van der Waals surface area contributed by atoms with E-state index in [9.17, 15) is 5.11 Å². The average Bonchev–Trinajstić information content (AvgIpc) is 3.11. The van der Waals surface area contributed by atoms with Crippen molar-refractivity contribution in [1.29, 1.82) is 0 Å². The Morgan fingerprint density at radius 1 is 0.964 bits per heavy atom. The summed E-state index contributed by atoms with van der Waals surface area (Å²) in [6, 6.07) is 24.5. The molecule has 0 bridgehead atoms. The van der Waals surface area contributed by atoms with E-state index < -0.39 is 0 Å². The summed E-state index contributed by atoms with van der Waals surface area (Å²) in [4.78, 5) is 0. The molecule has 0 amide bonds. The van der Waals surface area contributed by atoms with Gasteiger partial charge in [-0.25, -0.2) is 0 Å². The van der Waals surface area contributed by atoms with Crippen molar-refractivity contribution in [3.05, 3.63) is 95.3 Å². The Bertz CT molecular complexity index is 1110. The van der Waals surface area contributed by atoms with Gasteiger partial charge in [-0.15, -0.1) is 0 Å². The fourth-order valence-electron chi connectivity index (χ4n) is 3.21. The van der Waals surface area contributed by atoms with Crippen molar-refractivity contribution in [3.8, 4) is 5.75 Å². The topological polar surface area (TPSA) is 47.3 Å². The van der Waals surface area contributed by atoms with Crippen molar-refractivity contribution >= 4 is 22.9 Å². The number of aliphatic hydroxyl groups is 1. The van der Waals surface area contributed by atoms with Crippen molar-refractivity contribution in [2.75, 3.05) is 0 Å². The lowest BCUT2D eigenvalue weighted by Crippen LogP contribution is -1.96. The molecule has 4 rings (SSSR count). The standard InChI is InChI=1S/C24H22N2O2/c1-26-22(15-21(16-27)25-26)12-11-19-13-20-9-5-6-10-23(20)24(14-19)28-17-18-7-3-2-4-8-18/h2-15,27H,16-17H2,1H3. The fraction of sp³-hybridized carbons (Fsp3) is 0.125. The van der Waals surface area contributed by atoms with E-state index in [1.54, 1.807) is 4.68 Å². The van der Waals surface area contributed by atoms with E-state index in [2.05, 4.69) is 41.5 Å². The molecule has 0 aliphatic heterocycles. The van der Waals surface area contributed by atoms with Crippen molar-refractivity contribution in [2.24, 2.45) is 7.05 Å². The summed E-state index contributed by atoms with van der Waals surface area (Å²) in [5.74, 6) is 0.864. The largest absolute Gasteiger partial charge is 0.488 e. The van der Waals surface area contributed by atoms with Gasteiger partial charge < -0.3 is 9.84 Å². The molecule has 1 heterocycles. The summed E-state index contributed by atoms with van der Waals surface area (Å²) in [7, 11) is 1.87. The Morgan fingerprint density at radius 2 is 1.75 bits per heavy atom. The molecule has 0 atom stereocenters. The summed E-state index contributed by atoms with van der Waals surface area (Å²) in [5, 5.41) is 15.7. The van der Waals surface area contributed by atoms with Gasteiger partial charge in [0.1, 0.15) is 12.4 Å². The summed E-state index contributed by atoms with van der Waals surface area (Å²) < 4.78 is 7.92. The van der Waals surface area contributed by atoms with Crippen LogP contribution in [0.5, 0.6) is 5.75 Å². The highest BCUT2D eigenvalue weighted by atomic mass is 16.5. The molecular weight excluding hydrogens is 348 g/mol. The van der Waals surface area contributed by atoms with Crippen LogP contribution in [0.3, 0.4) is 0 Å². The molecule has 4 nitrogen and oxygen atoms in total. The normalized spacial score (nSPS) is 11.4. The van der Waals surface area contributed by atoms with Gasteiger partial charge in [0.2, 0.25) is 0 Å². The highest BCUT2D eigenvalue weighted by Crippen LogP contribution is 2.29. The Kier molecular flexibility index (Phi) is 5.22. The maximum Gasteiger partial charge on any atom is 0.128 e. The number of fused-ring (bicyclic) bond motifs is 1. The van der Waals surface area contributed by atoms with Gasteiger partial charge in [-0.05, 0) is 40.8 Å². The van der Waals surface area contributed by atoms with Crippen molar-refractivity contribution in [1.82, 2.24) is 9.78 Å². The predicted octanol–water partition coefficient (Wildman–Crippen LogP) is 4.82. The zero-order chi connectivity index (χ0) is 19.3. The molecule has 28 heavy (non-hydrogen) atoms. The third-order valence-corrected chi connectivity index (χ3v) is 4.66. The van der Waals surface area contributed by atoms with Crippen LogP contribution in [0.2, 0.25) is 0 Å². The number of nitrogens with zero attached hydrogens (tertiary/aromatic N) is 2. The van der Waals surface area contributed by atoms with Crippen LogP contribution >= 0.6 is 0 Å². The van der Waals surface area contributed by atoms with Gasteiger partial charge in [0.25, 0.3) is 0 Å². The Morgan fingerprint density at radius 3 is 2.54 bits per heavy atom. The number of hydrogen-bond acceptors (Lipinski definition) is 3. The van der Waals surface area contributed by atoms with Crippen LogP contribution in [0.1, 0.15) is 22.5 Å². The van der Waals surface area contributed by atoms with Gasteiger partial charge in [0.15, 0.2) is 0 Å². The number of hydrogen-bond donors (Lipinski definition) is 1. The Labute approximate surface area is 164 Å². The molecule has 0 fully saturated rings. The van der Waals surface area contributed by atoms with Crippen molar-refractivity contribution < 1.29 is 9.84 Å². The minimum Gasteiger partial charge on any atom is -0.488 e. The number of rotatable bonds is 6. The predicted molar refractivity (Wildman–Crippen MR) is 113 cm³/mol. The number of benzene rings is 3. The maximum absolute atomic E-state index is 9.25. The minimum absolute atomic E-state index is 0.0604. The molecule has 1 N–H and O–H groups in total. The zero-order valence-corrected chi connectivity index (χ0v) is 15.7. The van der Waals surface area contributed by atoms with Crippen molar-refractivity contribution in [2.45, 2.75) is 13.2 Å². The number of ether oxygens (including phenoxy) is 1. The van der Waals surface area contributed by atoms with E-state index in [0.717, 1.165) is 33.3 Å². The lowest BCUT2D eigenvalue weighted by molar-refractivity contribution is 0.275. The summed E-state index contributed by atoms with van der Waals surface area (Å²) in [6.45, 7) is 0.467. The Balaban J connectivity index is 1.65. The second-order valence-electron chi connectivity index (χ2n) is 6.69. The van der Waals surface area contributed by atoms with E-state index >= 15 is 0 Å². The van der Waals surface area contributed by atoms with Crippen LogP contribution in [-0.4, -0.2) is 14.9 Å². The smallest absolute Gasteiger partial charge is 0.128 e. The molecule has 0 saturated carbocycles. The van der Waals surface area contributed by atoms with Gasteiger partial charge in [-0.3, -0.25) is 4.68 Å². The minimum atomic E-state index is -0.0604. The van der Waals surface area contributed by atoms with Crippen LogP contribution in [0.4, 0.5) is 0 Å². The third kappa shape index (κ3) is 3.97. The van der Waals surface area contributed by atoms with E-state index in [-0.39, 0.29) is 6.61 Å². The van der Waals surface area contributed by atoms with Gasteiger partial charge in [-0.1, -0.05) is 60.7 Å². The zero-order valence-electron chi connectivity index (χ0n) is 15.7.